The Morgan fingerprint density at radius 1 is 1.24 bits per heavy atom. The fourth-order valence-electron chi connectivity index (χ4n) is 2.97. The molecule has 29 heavy (non-hydrogen) atoms. The van der Waals surface area contributed by atoms with Gasteiger partial charge in [-0.1, -0.05) is 40.2 Å². The number of rotatable bonds is 4. The Kier molecular flexibility index (Phi) is 5.26. The minimum absolute atomic E-state index is 0.0721. The first kappa shape index (κ1) is 19.1. The van der Waals surface area contributed by atoms with Crippen LogP contribution in [0.2, 0.25) is 0 Å². The highest BCUT2D eigenvalue weighted by atomic mass is 79.9. The Bertz CT molecular complexity index is 1120. The molecular formula is C21H17BrN2O5. The van der Waals surface area contributed by atoms with E-state index in [2.05, 4.69) is 26.5 Å². The van der Waals surface area contributed by atoms with Gasteiger partial charge in [-0.2, -0.15) is 5.10 Å². The van der Waals surface area contributed by atoms with Gasteiger partial charge in [0.15, 0.2) is 23.0 Å². The van der Waals surface area contributed by atoms with E-state index in [9.17, 15) is 9.90 Å². The highest BCUT2D eigenvalue weighted by Crippen LogP contribution is 2.36. The summed E-state index contributed by atoms with van der Waals surface area (Å²) in [6.45, 7) is 0.0721. The SMILES string of the molecule is COc1cc(Br)cc(C=NNC(=O)C2COc3cc4ccccc4cc3O2)c1O. The lowest BCUT2D eigenvalue weighted by Crippen LogP contribution is -2.42. The van der Waals surface area contributed by atoms with Crippen LogP contribution in [-0.4, -0.2) is 37.0 Å². The number of amides is 1. The molecule has 1 aliphatic rings. The lowest BCUT2D eigenvalue weighted by Gasteiger charge is -2.25. The number of hydrazone groups is 1. The van der Waals surface area contributed by atoms with Crippen molar-refractivity contribution in [3.63, 3.8) is 0 Å². The predicted octanol–water partition coefficient (Wildman–Crippen LogP) is 3.61. The molecule has 3 aromatic rings. The van der Waals surface area contributed by atoms with Crippen molar-refractivity contribution < 1.29 is 24.1 Å². The van der Waals surface area contributed by atoms with Gasteiger partial charge in [0.2, 0.25) is 6.10 Å². The van der Waals surface area contributed by atoms with Gasteiger partial charge >= 0.3 is 0 Å². The van der Waals surface area contributed by atoms with E-state index >= 15 is 0 Å². The first-order chi connectivity index (χ1) is 14.0. The third-order valence-corrected chi connectivity index (χ3v) is 4.89. The Morgan fingerprint density at radius 2 is 1.97 bits per heavy atom. The van der Waals surface area contributed by atoms with E-state index < -0.39 is 12.0 Å². The van der Waals surface area contributed by atoms with Crippen molar-refractivity contribution in [2.75, 3.05) is 13.7 Å². The summed E-state index contributed by atoms with van der Waals surface area (Å²) >= 11 is 3.33. The zero-order chi connectivity index (χ0) is 20.4. The number of aromatic hydroxyl groups is 1. The third-order valence-electron chi connectivity index (χ3n) is 4.43. The second-order valence-corrected chi connectivity index (χ2v) is 7.26. The minimum Gasteiger partial charge on any atom is -0.504 e. The molecule has 0 saturated heterocycles. The molecule has 8 heteroatoms. The largest absolute Gasteiger partial charge is 0.504 e. The van der Waals surface area contributed by atoms with E-state index in [1.165, 1.54) is 13.3 Å². The third kappa shape index (κ3) is 3.97. The number of halogens is 1. The van der Waals surface area contributed by atoms with Crippen LogP contribution in [0.25, 0.3) is 10.8 Å². The van der Waals surface area contributed by atoms with Crippen molar-refractivity contribution in [2.24, 2.45) is 5.10 Å². The first-order valence-electron chi connectivity index (χ1n) is 8.77. The van der Waals surface area contributed by atoms with Crippen molar-refractivity contribution in [3.8, 4) is 23.0 Å². The van der Waals surface area contributed by atoms with Gasteiger partial charge in [0, 0.05) is 10.0 Å². The van der Waals surface area contributed by atoms with E-state index in [4.69, 9.17) is 14.2 Å². The molecule has 3 aromatic carbocycles. The Morgan fingerprint density at radius 3 is 2.69 bits per heavy atom. The smallest absolute Gasteiger partial charge is 0.284 e. The lowest BCUT2D eigenvalue weighted by atomic mass is 10.1. The zero-order valence-electron chi connectivity index (χ0n) is 15.4. The predicted molar refractivity (Wildman–Crippen MR) is 112 cm³/mol. The molecule has 148 valence electrons. The average Bonchev–Trinajstić information content (AvgIpc) is 2.73. The lowest BCUT2D eigenvalue weighted by molar-refractivity contribution is -0.130. The summed E-state index contributed by atoms with van der Waals surface area (Å²) in [6, 6.07) is 14.8. The van der Waals surface area contributed by atoms with Crippen LogP contribution in [0.5, 0.6) is 23.0 Å². The zero-order valence-corrected chi connectivity index (χ0v) is 17.0. The second-order valence-electron chi connectivity index (χ2n) is 6.34. The number of carbonyl (C=O) groups excluding carboxylic acids is 1. The first-order valence-corrected chi connectivity index (χ1v) is 9.56. The summed E-state index contributed by atoms with van der Waals surface area (Å²) in [5.74, 6) is 0.865. The Balaban J connectivity index is 1.46. The molecule has 0 spiro atoms. The molecule has 0 bridgehead atoms. The summed E-state index contributed by atoms with van der Waals surface area (Å²) in [4.78, 5) is 12.4. The van der Waals surface area contributed by atoms with Crippen molar-refractivity contribution in [2.45, 2.75) is 6.10 Å². The minimum atomic E-state index is -0.841. The standard InChI is InChI=1S/C21H17BrN2O5/c1-27-18-9-15(22)6-14(20(18)25)10-23-24-21(26)19-11-28-16-7-12-4-2-3-5-13(12)8-17(16)29-19/h2-10,19,25H,11H2,1H3,(H,24,26). The monoisotopic (exact) mass is 456 g/mol. The number of ether oxygens (including phenoxy) is 3. The molecule has 1 amide bonds. The number of nitrogens with one attached hydrogen (secondary N) is 1. The molecular weight excluding hydrogens is 440 g/mol. The number of hydrogen-bond donors (Lipinski definition) is 2. The van der Waals surface area contributed by atoms with Crippen LogP contribution in [0.3, 0.4) is 0 Å². The van der Waals surface area contributed by atoms with Crippen LogP contribution in [0.1, 0.15) is 5.56 Å². The number of hydrogen-bond acceptors (Lipinski definition) is 6. The summed E-state index contributed by atoms with van der Waals surface area (Å²) in [5, 5.41) is 16.1. The van der Waals surface area contributed by atoms with Crippen LogP contribution in [0.4, 0.5) is 0 Å². The van der Waals surface area contributed by atoms with Crippen molar-refractivity contribution in [1.82, 2.24) is 5.43 Å². The van der Waals surface area contributed by atoms with Gasteiger partial charge in [-0.25, -0.2) is 5.43 Å². The molecule has 1 heterocycles. The van der Waals surface area contributed by atoms with Crippen molar-refractivity contribution in [3.05, 3.63) is 58.6 Å². The molecule has 1 aliphatic heterocycles. The van der Waals surface area contributed by atoms with Crippen molar-refractivity contribution in [1.29, 1.82) is 0 Å². The number of carbonyl (C=O) groups is 1. The highest BCUT2D eigenvalue weighted by molar-refractivity contribution is 9.10. The van der Waals surface area contributed by atoms with Crippen molar-refractivity contribution >= 4 is 38.8 Å². The molecule has 0 aromatic heterocycles. The summed E-state index contributed by atoms with van der Waals surface area (Å²) in [7, 11) is 1.45. The van der Waals surface area contributed by atoms with E-state index in [0.29, 0.717) is 27.3 Å². The number of phenols is 1. The summed E-state index contributed by atoms with van der Waals surface area (Å²) < 4.78 is 17.3. The number of phenolic OH excluding ortho intramolecular Hbond substituents is 1. The molecule has 1 atom stereocenters. The second kappa shape index (κ2) is 8.00. The molecule has 0 saturated carbocycles. The fourth-order valence-corrected chi connectivity index (χ4v) is 3.43. The molecule has 4 rings (SSSR count). The van der Waals surface area contributed by atoms with Crippen LogP contribution in [0, 0.1) is 0 Å². The number of fused-ring (bicyclic) bond motifs is 2. The van der Waals surface area contributed by atoms with Crippen LogP contribution >= 0.6 is 15.9 Å². The number of methoxy groups -OCH3 is 1. The number of nitrogens with zero attached hydrogens (tertiary/aromatic N) is 1. The van der Waals surface area contributed by atoms with Crippen LogP contribution in [0.15, 0.2) is 58.1 Å². The molecule has 7 nitrogen and oxygen atoms in total. The summed E-state index contributed by atoms with van der Waals surface area (Å²) in [5.41, 5.74) is 2.79. The van der Waals surface area contributed by atoms with Gasteiger partial charge in [0.25, 0.3) is 5.91 Å². The van der Waals surface area contributed by atoms with Gasteiger partial charge in [-0.3, -0.25) is 4.79 Å². The fraction of sp³-hybridized carbons (Fsp3) is 0.143. The maximum Gasteiger partial charge on any atom is 0.284 e. The molecule has 0 fully saturated rings. The van der Waals surface area contributed by atoms with Gasteiger partial charge in [-0.05, 0) is 35.0 Å². The van der Waals surface area contributed by atoms with Gasteiger partial charge in [0.05, 0.1) is 13.3 Å². The maximum absolute atomic E-state index is 12.4. The van der Waals surface area contributed by atoms with Gasteiger partial charge in [0.1, 0.15) is 6.61 Å². The Labute approximate surface area is 175 Å². The molecule has 1 unspecified atom stereocenters. The average molecular weight is 457 g/mol. The maximum atomic E-state index is 12.4. The summed E-state index contributed by atoms with van der Waals surface area (Å²) in [6.07, 6.45) is 0.484. The van der Waals surface area contributed by atoms with E-state index in [0.717, 1.165) is 10.8 Å². The normalized spacial score (nSPS) is 15.4. The van der Waals surface area contributed by atoms with E-state index in [1.54, 1.807) is 12.1 Å². The van der Waals surface area contributed by atoms with Crippen LogP contribution in [-0.2, 0) is 4.79 Å². The highest BCUT2D eigenvalue weighted by Gasteiger charge is 2.27. The topological polar surface area (TPSA) is 89.4 Å². The number of benzene rings is 3. The van der Waals surface area contributed by atoms with Crippen LogP contribution < -0.4 is 19.6 Å². The van der Waals surface area contributed by atoms with Gasteiger partial charge in [-0.15, -0.1) is 0 Å². The van der Waals surface area contributed by atoms with Gasteiger partial charge < -0.3 is 19.3 Å². The van der Waals surface area contributed by atoms with E-state index in [-0.39, 0.29) is 12.4 Å². The van der Waals surface area contributed by atoms with E-state index in [1.807, 2.05) is 36.4 Å². The molecule has 2 N–H and O–H groups in total. The Hall–Kier alpha value is -3.26. The molecule has 0 radical (unpaired) electrons. The quantitative estimate of drug-likeness (QED) is 0.462. The molecule has 0 aliphatic carbocycles.